The second kappa shape index (κ2) is 12.2. The van der Waals surface area contributed by atoms with E-state index >= 15 is 4.39 Å². The van der Waals surface area contributed by atoms with Crippen LogP contribution in [-0.2, 0) is 39.1 Å². The predicted molar refractivity (Wildman–Crippen MR) is 145 cm³/mol. The van der Waals surface area contributed by atoms with Crippen LogP contribution in [0, 0.1) is 0 Å². The Bertz CT molecular complexity index is 1500. The van der Waals surface area contributed by atoms with Gasteiger partial charge in [-0.3, -0.25) is 4.79 Å². The monoisotopic (exact) mass is 641 g/mol. The summed E-state index contributed by atoms with van der Waals surface area (Å²) >= 11 is 24.8. The molecule has 2 aromatic heterocycles. The molecule has 0 fully saturated rings. The minimum absolute atomic E-state index is 0.0849. The quantitative estimate of drug-likeness (QED) is 0.328. The molecule has 3 heterocycles. The first-order valence-corrected chi connectivity index (χ1v) is 15.2. The topological polar surface area (TPSA) is 94.2 Å². The molecule has 204 valence electrons. The molecule has 3 aromatic rings. The molecule has 38 heavy (non-hydrogen) atoms. The Morgan fingerprint density at radius 2 is 2.00 bits per heavy atom. The van der Waals surface area contributed by atoms with Crippen molar-refractivity contribution >= 4 is 79.1 Å². The summed E-state index contributed by atoms with van der Waals surface area (Å²) in [6.07, 6.45) is 1.36. The minimum Gasteiger partial charge on any atom is -0.357 e. The molecule has 1 N–H and O–H groups in total. The van der Waals surface area contributed by atoms with Gasteiger partial charge in [0, 0.05) is 34.2 Å². The molecule has 0 aliphatic carbocycles. The molecule has 1 aliphatic rings. The molecule has 0 spiro atoms. The van der Waals surface area contributed by atoms with Gasteiger partial charge in [0.05, 0.1) is 11.6 Å². The maximum Gasteiger partial charge on any atom is 0.235 e. The number of halogens is 5. The van der Waals surface area contributed by atoms with E-state index in [2.05, 4.69) is 10.4 Å². The lowest BCUT2D eigenvalue weighted by Gasteiger charge is -2.15. The Balaban J connectivity index is 1.58. The standard InChI is InChI=1S/C23H21Cl4FN4O4S2/c1-36-12-32-30-19(7-13-4-5-14(24)8-16(13)25)22-15(3-2-6-31(22)32)18(28)10-29-20(33)11-38(34,35)21-9-17(26)23(27)37-21/h4-5,8-9H,2-3,6-7,10-12H2,1H3/p+1/b18-15-. The number of carbonyl (C=O) groups is 1. The number of aromatic nitrogens is 3. The van der Waals surface area contributed by atoms with E-state index in [9.17, 15) is 13.2 Å². The second-order valence-electron chi connectivity index (χ2n) is 8.43. The Morgan fingerprint density at radius 3 is 2.66 bits per heavy atom. The van der Waals surface area contributed by atoms with Gasteiger partial charge in [-0.2, -0.15) is 4.68 Å². The van der Waals surface area contributed by atoms with Crippen molar-refractivity contribution in [2.24, 2.45) is 0 Å². The van der Waals surface area contributed by atoms with Gasteiger partial charge in [0.25, 0.3) is 0 Å². The zero-order valence-electron chi connectivity index (χ0n) is 19.9. The predicted octanol–water partition coefficient (Wildman–Crippen LogP) is 5.10. The Labute approximate surface area is 242 Å². The molecule has 0 bridgehead atoms. The number of allylic oxidation sites excluding steroid dienone is 1. The molecule has 1 amide bonds. The highest BCUT2D eigenvalue weighted by molar-refractivity contribution is 7.94. The fourth-order valence-electron chi connectivity index (χ4n) is 4.09. The maximum absolute atomic E-state index is 15.5. The van der Waals surface area contributed by atoms with Crippen LogP contribution in [0.5, 0.6) is 0 Å². The number of hydrogen-bond donors (Lipinski definition) is 1. The minimum atomic E-state index is -3.99. The molecule has 1 aromatic carbocycles. The lowest BCUT2D eigenvalue weighted by Crippen LogP contribution is -2.49. The number of ether oxygens (including phenoxy) is 1. The number of nitrogens with one attached hydrogen (secondary N) is 1. The summed E-state index contributed by atoms with van der Waals surface area (Å²) < 4.78 is 47.7. The number of fused-ring (bicyclic) bond motifs is 1. The van der Waals surface area contributed by atoms with E-state index in [-0.39, 0.29) is 20.3 Å². The van der Waals surface area contributed by atoms with Crippen LogP contribution in [-0.4, -0.2) is 43.6 Å². The van der Waals surface area contributed by atoms with Crippen molar-refractivity contribution in [1.82, 2.24) is 15.2 Å². The van der Waals surface area contributed by atoms with Crippen molar-refractivity contribution < 1.29 is 27.0 Å². The Kier molecular flexibility index (Phi) is 9.39. The van der Waals surface area contributed by atoms with Crippen LogP contribution in [0.1, 0.15) is 29.8 Å². The molecule has 0 saturated carbocycles. The third-order valence-corrected chi connectivity index (χ3v) is 10.4. The first-order chi connectivity index (χ1) is 18.0. The number of nitrogens with zero attached hydrogens (tertiary/aromatic N) is 3. The Morgan fingerprint density at radius 1 is 1.24 bits per heavy atom. The number of thiophene rings is 1. The number of sulfone groups is 1. The van der Waals surface area contributed by atoms with E-state index in [1.165, 1.54) is 13.2 Å². The van der Waals surface area contributed by atoms with E-state index in [0.717, 1.165) is 16.9 Å². The summed E-state index contributed by atoms with van der Waals surface area (Å²) in [6.45, 7) is 0.265. The van der Waals surface area contributed by atoms with Crippen LogP contribution >= 0.6 is 57.7 Å². The van der Waals surface area contributed by atoms with Gasteiger partial charge in [0.15, 0.2) is 16.6 Å². The summed E-state index contributed by atoms with van der Waals surface area (Å²) in [5.41, 5.74) is 2.29. The van der Waals surface area contributed by atoms with Gasteiger partial charge in [-0.15, -0.1) is 11.3 Å². The van der Waals surface area contributed by atoms with Crippen LogP contribution in [0.25, 0.3) is 5.57 Å². The van der Waals surface area contributed by atoms with E-state index in [1.54, 1.807) is 23.0 Å². The first-order valence-electron chi connectivity index (χ1n) is 11.2. The van der Waals surface area contributed by atoms with Crippen molar-refractivity contribution in [3.63, 3.8) is 0 Å². The van der Waals surface area contributed by atoms with Gasteiger partial charge in [-0.25, -0.2) is 12.8 Å². The van der Waals surface area contributed by atoms with E-state index in [4.69, 9.17) is 51.1 Å². The van der Waals surface area contributed by atoms with Gasteiger partial charge < -0.3 is 10.1 Å². The maximum atomic E-state index is 15.5. The van der Waals surface area contributed by atoms with Crippen molar-refractivity contribution in [2.45, 2.75) is 36.7 Å². The van der Waals surface area contributed by atoms with Gasteiger partial charge in [-0.1, -0.05) is 52.5 Å². The number of methoxy groups -OCH3 is 1. The smallest absolute Gasteiger partial charge is 0.235 e. The fourth-order valence-corrected chi connectivity index (χ4v) is 7.69. The van der Waals surface area contributed by atoms with E-state index < -0.39 is 33.9 Å². The molecule has 8 nitrogen and oxygen atoms in total. The zero-order valence-corrected chi connectivity index (χ0v) is 24.6. The molecule has 0 unspecified atom stereocenters. The third-order valence-electron chi connectivity index (χ3n) is 5.76. The molecule has 1 aliphatic heterocycles. The van der Waals surface area contributed by atoms with Crippen molar-refractivity contribution in [2.75, 3.05) is 19.4 Å². The number of benzene rings is 1. The van der Waals surface area contributed by atoms with Crippen LogP contribution in [0.2, 0.25) is 19.4 Å². The van der Waals surface area contributed by atoms with Crippen LogP contribution < -0.4 is 10.00 Å². The summed E-state index contributed by atoms with van der Waals surface area (Å²) in [6, 6.07) is 6.32. The van der Waals surface area contributed by atoms with Gasteiger partial charge in [-0.05, 0) is 41.4 Å². The molecule has 4 rings (SSSR count). The normalized spacial score (nSPS) is 14.9. The average Bonchev–Trinajstić information content (AvgIpc) is 3.39. The summed E-state index contributed by atoms with van der Waals surface area (Å²) in [5, 5.41) is 8.04. The van der Waals surface area contributed by atoms with Gasteiger partial charge in [0.2, 0.25) is 17.3 Å². The van der Waals surface area contributed by atoms with E-state index in [0.29, 0.717) is 52.8 Å². The molecular formula is C23H22Cl4FN4O4S2+. The van der Waals surface area contributed by atoms with E-state index in [1.807, 2.05) is 4.68 Å². The number of hydrogen-bond acceptors (Lipinski definition) is 6. The summed E-state index contributed by atoms with van der Waals surface area (Å²) in [7, 11) is -2.45. The number of amides is 1. The number of carbonyl (C=O) groups excluding carboxylic acids is 1. The third kappa shape index (κ3) is 6.52. The molecule has 15 heteroatoms. The SMILES string of the molecule is COCn1nc(Cc2ccc(Cl)cc2Cl)c2[n+]1CCC/C2=C(/F)CNC(=O)CS(=O)(=O)c1cc(Cl)c(Cl)s1. The average molecular weight is 643 g/mol. The van der Waals surface area contributed by atoms with Gasteiger partial charge in [0.1, 0.15) is 26.7 Å². The largest absolute Gasteiger partial charge is 0.357 e. The van der Waals surface area contributed by atoms with Crippen LogP contribution in [0.3, 0.4) is 0 Å². The highest BCUT2D eigenvalue weighted by Gasteiger charge is 2.34. The van der Waals surface area contributed by atoms with Crippen molar-refractivity contribution in [3.05, 3.63) is 66.4 Å². The van der Waals surface area contributed by atoms with Crippen LogP contribution in [0.15, 0.2) is 34.3 Å². The molecule has 0 saturated heterocycles. The Hall–Kier alpha value is -1.73. The fraction of sp³-hybridized carbons (Fsp3) is 0.348. The number of rotatable bonds is 9. The van der Waals surface area contributed by atoms with Gasteiger partial charge >= 0.3 is 0 Å². The highest BCUT2D eigenvalue weighted by Crippen LogP contribution is 2.35. The summed E-state index contributed by atoms with van der Waals surface area (Å²) in [5.74, 6) is -2.31. The molecule has 0 atom stereocenters. The summed E-state index contributed by atoms with van der Waals surface area (Å²) in [4.78, 5) is 14.0. The second-order valence-corrected chi connectivity index (χ2v) is 13.6. The molecule has 0 radical (unpaired) electrons. The van der Waals surface area contributed by atoms with Crippen molar-refractivity contribution in [3.8, 4) is 0 Å². The lowest BCUT2D eigenvalue weighted by atomic mass is 9.97. The van der Waals surface area contributed by atoms with Crippen molar-refractivity contribution in [1.29, 1.82) is 0 Å². The van der Waals surface area contributed by atoms with Crippen LogP contribution in [0.4, 0.5) is 4.39 Å². The molecular weight excluding hydrogens is 621 g/mol. The first kappa shape index (κ1) is 29.3. The lowest BCUT2D eigenvalue weighted by molar-refractivity contribution is -0.787. The zero-order chi connectivity index (χ0) is 27.6. The highest BCUT2D eigenvalue weighted by atomic mass is 35.5.